The van der Waals surface area contributed by atoms with Crippen molar-refractivity contribution in [3.63, 3.8) is 0 Å². The molecule has 0 saturated carbocycles. The van der Waals surface area contributed by atoms with E-state index in [-0.39, 0.29) is 0 Å². The molecule has 0 aliphatic carbocycles. The van der Waals surface area contributed by atoms with Crippen LogP contribution in [0.5, 0.6) is 0 Å². The summed E-state index contributed by atoms with van der Waals surface area (Å²) in [6.07, 6.45) is 1.19. The molecule has 0 spiro atoms. The van der Waals surface area contributed by atoms with Gasteiger partial charge in [-0.1, -0.05) is 38.1 Å². The van der Waals surface area contributed by atoms with Crippen molar-refractivity contribution in [2.45, 2.75) is 26.8 Å². The van der Waals surface area contributed by atoms with E-state index in [4.69, 9.17) is 0 Å². The quantitative estimate of drug-likeness (QED) is 0.638. The van der Waals surface area contributed by atoms with Crippen molar-refractivity contribution >= 4 is 0 Å². The first-order chi connectivity index (χ1) is 6.17. The zero-order valence-corrected chi connectivity index (χ0v) is 8.43. The third-order valence-corrected chi connectivity index (χ3v) is 2.71. The van der Waals surface area contributed by atoms with Gasteiger partial charge in [0.1, 0.15) is 0 Å². The molecular weight excluding hydrogens is 158 g/mol. The minimum absolute atomic E-state index is 0.395. The van der Waals surface area contributed by atoms with Crippen LogP contribution in [0.3, 0.4) is 0 Å². The van der Waals surface area contributed by atoms with Crippen molar-refractivity contribution < 1.29 is 0 Å². The van der Waals surface area contributed by atoms with Crippen LogP contribution in [0.2, 0.25) is 0 Å². The van der Waals surface area contributed by atoms with E-state index in [0.717, 1.165) is 13.1 Å². The first-order valence-electron chi connectivity index (χ1n) is 4.95. The van der Waals surface area contributed by atoms with Gasteiger partial charge in [-0.25, -0.2) is 0 Å². The van der Waals surface area contributed by atoms with Crippen LogP contribution in [-0.2, 0) is 13.0 Å². The average Bonchev–Trinajstić information content (AvgIpc) is 2.21. The van der Waals surface area contributed by atoms with Crippen LogP contribution in [0.4, 0.5) is 0 Å². The summed E-state index contributed by atoms with van der Waals surface area (Å²) < 4.78 is 0. The zero-order valence-electron chi connectivity index (χ0n) is 8.43. The van der Waals surface area contributed by atoms with Gasteiger partial charge >= 0.3 is 0 Å². The molecule has 1 aromatic carbocycles. The summed E-state index contributed by atoms with van der Waals surface area (Å²) in [5.41, 5.74) is 3.37. The Bertz CT molecular complexity index is 302. The number of nitrogens with one attached hydrogen (secondary N) is 1. The number of rotatable bonds is 0. The summed E-state index contributed by atoms with van der Waals surface area (Å²) in [7, 11) is 0. The molecule has 0 saturated heterocycles. The largest absolute Gasteiger partial charge is 0.312 e. The van der Waals surface area contributed by atoms with E-state index >= 15 is 0 Å². The molecule has 0 radical (unpaired) electrons. The fraction of sp³-hybridized carbons (Fsp3) is 0.500. The van der Waals surface area contributed by atoms with Gasteiger partial charge in [0.25, 0.3) is 0 Å². The number of hydrogen-bond donors (Lipinski definition) is 1. The van der Waals surface area contributed by atoms with Gasteiger partial charge in [-0.15, -0.1) is 0 Å². The topological polar surface area (TPSA) is 12.0 Å². The second-order valence-corrected chi connectivity index (χ2v) is 4.71. The summed E-state index contributed by atoms with van der Waals surface area (Å²) in [5, 5.41) is 3.49. The molecule has 70 valence electrons. The smallest absolute Gasteiger partial charge is 0.0208 e. The molecule has 0 fully saturated rings. The predicted octanol–water partition coefficient (Wildman–Crippen LogP) is 2.36. The van der Waals surface area contributed by atoms with Crippen LogP contribution < -0.4 is 5.32 Å². The Kier molecular flexibility index (Phi) is 2.12. The molecule has 1 heterocycles. The molecule has 1 aromatic rings. The van der Waals surface area contributed by atoms with Crippen molar-refractivity contribution in [3.05, 3.63) is 35.4 Å². The molecule has 2 rings (SSSR count). The molecule has 0 unspecified atom stereocenters. The summed E-state index contributed by atoms with van der Waals surface area (Å²) in [4.78, 5) is 0. The maximum absolute atomic E-state index is 3.49. The van der Waals surface area contributed by atoms with E-state index in [0.29, 0.717) is 5.41 Å². The van der Waals surface area contributed by atoms with Crippen molar-refractivity contribution in [1.82, 2.24) is 5.32 Å². The first kappa shape index (κ1) is 8.76. The zero-order chi connectivity index (χ0) is 9.31. The van der Waals surface area contributed by atoms with Crippen LogP contribution in [0, 0.1) is 5.41 Å². The van der Waals surface area contributed by atoms with Crippen molar-refractivity contribution in [1.29, 1.82) is 0 Å². The lowest BCUT2D eigenvalue weighted by Gasteiger charge is -2.22. The highest BCUT2D eigenvalue weighted by Crippen LogP contribution is 2.25. The fourth-order valence-corrected chi connectivity index (χ4v) is 2.02. The molecule has 1 aliphatic rings. The van der Waals surface area contributed by atoms with E-state index in [1.165, 1.54) is 17.5 Å². The number of benzene rings is 1. The molecule has 0 bridgehead atoms. The van der Waals surface area contributed by atoms with Gasteiger partial charge in [-0.2, -0.15) is 0 Å². The molecule has 1 nitrogen and oxygen atoms in total. The highest BCUT2D eigenvalue weighted by Gasteiger charge is 2.22. The summed E-state index contributed by atoms with van der Waals surface area (Å²) >= 11 is 0. The van der Waals surface area contributed by atoms with Gasteiger partial charge in [0, 0.05) is 13.1 Å². The standard InChI is InChI=1S/C12H17N/c1-12(2)7-10-5-3-4-6-11(10)8-13-9-12/h3-6,13H,7-9H2,1-2H3. The Hall–Kier alpha value is -0.820. The van der Waals surface area contributed by atoms with Crippen LogP contribution in [0.15, 0.2) is 24.3 Å². The van der Waals surface area contributed by atoms with Crippen LogP contribution in [0.1, 0.15) is 25.0 Å². The SMILES string of the molecule is CC1(C)CNCc2ccccc2C1. The van der Waals surface area contributed by atoms with Crippen molar-refractivity contribution in [3.8, 4) is 0 Å². The molecule has 0 aromatic heterocycles. The van der Waals surface area contributed by atoms with Gasteiger partial charge in [0.2, 0.25) is 0 Å². The van der Waals surface area contributed by atoms with E-state index in [2.05, 4.69) is 43.4 Å². The molecule has 1 N–H and O–H groups in total. The van der Waals surface area contributed by atoms with Crippen LogP contribution in [0.25, 0.3) is 0 Å². The maximum Gasteiger partial charge on any atom is 0.0208 e. The number of hydrogen-bond acceptors (Lipinski definition) is 1. The second-order valence-electron chi connectivity index (χ2n) is 4.71. The van der Waals surface area contributed by atoms with Gasteiger partial charge in [0.15, 0.2) is 0 Å². The lowest BCUT2D eigenvalue weighted by Crippen LogP contribution is -2.27. The summed E-state index contributed by atoms with van der Waals surface area (Å²) in [5.74, 6) is 0. The number of fused-ring (bicyclic) bond motifs is 1. The Morgan fingerprint density at radius 1 is 1.15 bits per heavy atom. The van der Waals surface area contributed by atoms with E-state index < -0.39 is 0 Å². The second kappa shape index (κ2) is 3.15. The lowest BCUT2D eigenvalue weighted by molar-refractivity contribution is 0.349. The third-order valence-electron chi connectivity index (χ3n) is 2.71. The lowest BCUT2D eigenvalue weighted by atomic mass is 9.86. The first-order valence-corrected chi connectivity index (χ1v) is 4.95. The molecule has 1 heteroatoms. The fourth-order valence-electron chi connectivity index (χ4n) is 2.02. The Morgan fingerprint density at radius 3 is 2.62 bits per heavy atom. The normalized spacial score (nSPS) is 20.5. The van der Waals surface area contributed by atoms with Crippen molar-refractivity contribution in [2.24, 2.45) is 5.41 Å². The Morgan fingerprint density at radius 2 is 1.85 bits per heavy atom. The van der Waals surface area contributed by atoms with Crippen LogP contribution in [-0.4, -0.2) is 6.54 Å². The maximum atomic E-state index is 3.49. The monoisotopic (exact) mass is 175 g/mol. The average molecular weight is 175 g/mol. The Balaban J connectivity index is 2.34. The minimum atomic E-state index is 0.395. The van der Waals surface area contributed by atoms with E-state index in [1.807, 2.05) is 0 Å². The molecule has 0 amide bonds. The third kappa shape index (κ3) is 1.92. The van der Waals surface area contributed by atoms with E-state index in [9.17, 15) is 0 Å². The molecule has 13 heavy (non-hydrogen) atoms. The van der Waals surface area contributed by atoms with Gasteiger partial charge < -0.3 is 5.32 Å². The van der Waals surface area contributed by atoms with Gasteiger partial charge in [-0.3, -0.25) is 0 Å². The highest BCUT2D eigenvalue weighted by molar-refractivity contribution is 5.29. The van der Waals surface area contributed by atoms with Gasteiger partial charge in [0.05, 0.1) is 0 Å². The minimum Gasteiger partial charge on any atom is -0.312 e. The molecular formula is C12H17N. The highest BCUT2D eigenvalue weighted by atomic mass is 14.9. The van der Waals surface area contributed by atoms with Crippen LogP contribution >= 0.6 is 0 Å². The summed E-state index contributed by atoms with van der Waals surface area (Å²) in [6, 6.07) is 8.74. The van der Waals surface area contributed by atoms with Gasteiger partial charge in [-0.05, 0) is 23.0 Å². The Labute approximate surface area is 80.2 Å². The molecule has 1 aliphatic heterocycles. The van der Waals surface area contributed by atoms with E-state index in [1.54, 1.807) is 0 Å². The molecule has 0 atom stereocenters. The summed E-state index contributed by atoms with van der Waals surface area (Å²) in [6.45, 7) is 6.78. The predicted molar refractivity (Wildman–Crippen MR) is 55.6 cm³/mol. The van der Waals surface area contributed by atoms with Crippen molar-refractivity contribution in [2.75, 3.05) is 6.54 Å².